The highest BCUT2D eigenvalue weighted by atomic mass is 28.4. The van der Waals surface area contributed by atoms with E-state index >= 15 is 0 Å². The van der Waals surface area contributed by atoms with Crippen molar-refractivity contribution in [3.8, 4) is 6.07 Å². The van der Waals surface area contributed by atoms with E-state index in [2.05, 4.69) is 25.7 Å². The largest absolute Gasteiger partial charge is 0.466 e. The maximum Gasteiger partial charge on any atom is 0.335 e. The Hall–Kier alpha value is -1.36. The van der Waals surface area contributed by atoms with Crippen LogP contribution in [0.3, 0.4) is 0 Å². The molecule has 1 fully saturated rings. The second-order valence-electron chi connectivity index (χ2n) is 7.45. The van der Waals surface area contributed by atoms with E-state index in [9.17, 15) is 15.2 Å². The summed E-state index contributed by atoms with van der Waals surface area (Å²) in [6, 6.07) is 2.21. The van der Waals surface area contributed by atoms with E-state index in [1.54, 1.807) is 6.20 Å². The molecule has 1 N–H and O–H groups in total. The van der Waals surface area contributed by atoms with Crippen LogP contribution in [0.1, 0.15) is 6.42 Å². The summed E-state index contributed by atoms with van der Waals surface area (Å²) in [5.41, 5.74) is 0.475. The van der Waals surface area contributed by atoms with Gasteiger partial charge in [0.2, 0.25) is 0 Å². The molecule has 1 aliphatic heterocycles. The summed E-state index contributed by atoms with van der Waals surface area (Å²) in [5, 5.41) is 20.3. The number of aliphatic hydroxyl groups excluding tert-OH is 1. The first-order valence-corrected chi connectivity index (χ1v) is 11.3. The molecule has 7 heteroatoms. The third-order valence-corrected chi connectivity index (χ3v) is 5.50. The number of methoxy groups -OCH3 is 1. The van der Waals surface area contributed by atoms with Gasteiger partial charge in [0.1, 0.15) is 0 Å². The highest BCUT2D eigenvalue weighted by Crippen LogP contribution is 2.44. The van der Waals surface area contributed by atoms with E-state index in [0.717, 1.165) is 6.54 Å². The SMILES string of the molecule is COC(=O)C1=CN(C)C[C@H]2C[C@@H](O[Si](C)(C)C)[C@H](O)[C@@H](C#N)[C@@H]12. The van der Waals surface area contributed by atoms with Crippen molar-refractivity contribution in [2.45, 2.75) is 38.3 Å². The Morgan fingerprint density at radius 3 is 2.65 bits per heavy atom. The predicted molar refractivity (Wildman–Crippen MR) is 87.7 cm³/mol. The topological polar surface area (TPSA) is 82.8 Å². The third kappa shape index (κ3) is 3.76. The average molecular weight is 338 g/mol. The number of ether oxygens (including phenoxy) is 1. The second-order valence-corrected chi connectivity index (χ2v) is 11.9. The minimum atomic E-state index is -1.84. The number of hydrogen-bond donors (Lipinski definition) is 1. The molecular formula is C16H26N2O4Si. The number of hydrogen-bond acceptors (Lipinski definition) is 6. The molecule has 0 saturated heterocycles. The molecule has 6 nitrogen and oxygen atoms in total. The van der Waals surface area contributed by atoms with Gasteiger partial charge in [-0.15, -0.1) is 0 Å². The third-order valence-electron chi connectivity index (χ3n) is 4.49. The lowest BCUT2D eigenvalue weighted by atomic mass is 9.65. The van der Waals surface area contributed by atoms with Crippen LogP contribution in [0.2, 0.25) is 19.6 Å². The van der Waals surface area contributed by atoms with Gasteiger partial charge in [0.25, 0.3) is 0 Å². The van der Waals surface area contributed by atoms with Gasteiger partial charge in [0.05, 0.1) is 36.9 Å². The lowest BCUT2D eigenvalue weighted by Gasteiger charge is -2.47. The molecule has 2 rings (SSSR count). The van der Waals surface area contributed by atoms with Gasteiger partial charge < -0.3 is 19.2 Å². The maximum atomic E-state index is 12.1. The number of carbonyl (C=O) groups excluding carboxylic acids is 1. The highest BCUT2D eigenvalue weighted by Gasteiger charge is 2.50. The Kier molecular flexibility index (Phi) is 5.19. The molecule has 2 aliphatic rings. The number of fused-ring (bicyclic) bond motifs is 1. The van der Waals surface area contributed by atoms with E-state index in [4.69, 9.17) is 9.16 Å². The van der Waals surface area contributed by atoms with Crippen LogP contribution in [0.25, 0.3) is 0 Å². The first kappa shape index (κ1) is 18.0. The fourth-order valence-electron chi connectivity index (χ4n) is 3.74. The van der Waals surface area contributed by atoms with Gasteiger partial charge >= 0.3 is 5.97 Å². The molecule has 128 valence electrons. The van der Waals surface area contributed by atoms with Gasteiger partial charge in [-0.2, -0.15) is 5.26 Å². The molecule has 1 heterocycles. The summed E-state index contributed by atoms with van der Waals surface area (Å²) < 4.78 is 11.0. The fourth-order valence-corrected chi connectivity index (χ4v) is 4.88. The Morgan fingerprint density at radius 2 is 2.13 bits per heavy atom. The van der Waals surface area contributed by atoms with Gasteiger partial charge in [0.15, 0.2) is 8.32 Å². The zero-order valence-corrected chi connectivity index (χ0v) is 15.4. The van der Waals surface area contributed by atoms with E-state index < -0.39 is 26.3 Å². The molecule has 0 aromatic heterocycles. The first-order valence-electron chi connectivity index (χ1n) is 7.93. The Balaban J connectivity index is 2.34. The first-order chi connectivity index (χ1) is 10.7. The molecule has 0 radical (unpaired) electrons. The number of aliphatic hydroxyl groups is 1. The maximum absolute atomic E-state index is 12.1. The van der Waals surface area contributed by atoms with Crippen molar-refractivity contribution in [1.29, 1.82) is 5.26 Å². The Bertz CT molecular complexity index is 537. The molecule has 0 aromatic rings. The normalized spacial score (nSPS) is 34.2. The van der Waals surface area contributed by atoms with Crippen LogP contribution in [-0.4, -0.2) is 57.2 Å². The minimum Gasteiger partial charge on any atom is -0.466 e. The van der Waals surface area contributed by atoms with Crippen molar-refractivity contribution in [3.63, 3.8) is 0 Å². The summed E-state index contributed by atoms with van der Waals surface area (Å²) in [6.07, 6.45) is 1.15. The zero-order chi connectivity index (χ0) is 17.4. The molecule has 5 atom stereocenters. The molecule has 0 aromatic carbocycles. The van der Waals surface area contributed by atoms with Crippen molar-refractivity contribution in [2.75, 3.05) is 20.7 Å². The van der Waals surface area contributed by atoms with Crippen LogP contribution in [0.15, 0.2) is 11.8 Å². The minimum absolute atomic E-state index is 0.0912. The Morgan fingerprint density at radius 1 is 1.48 bits per heavy atom. The van der Waals surface area contributed by atoms with Crippen LogP contribution >= 0.6 is 0 Å². The summed E-state index contributed by atoms with van der Waals surface area (Å²) in [7, 11) is 1.40. The van der Waals surface area contributed by atoms with Crippen molar-refractivity contribution in [1.82, 2.24) is 4.90 Å². The van der Waals surface area contributed by atoms with Crippen molar-refractivity contribution < 1.29 is 19.1 Å². The second kappa shape index (κ2) is 6.63. The summed E-state index contributed by atoms with van der Waals surface area (Å²) >= 11 is 0. The number of esters is 1. The highest BCUT2D eigenvalue weighted by molar-refractivity contribution is 6.69. The molecule has 0 amide bonds. The summed E-state index contributed by atoms with van der Waals surface area (Å²) in [5.74, 6) is -1.30. The molecule has 0 spiro atoms. The van der Waals surface area contributed by atoms with E-state index in [1.807, 2.05) is 11.9 Å². The van der Waals surface area contributed by atoms with E-state index in [1.165, 1.54) is 7.11 Å². The van der Waals surface area contributed by atoms with Crippen molar-refractivity contribution in [2.24, 2.45) is 17.8 Å². The molecule has 0 unspecified atom stereocenters. The van der Waals surface area contributed by atoms with Crippen LogP contribution < -0.4 is 0 Å². The lowest BCUT2D eigenvalue weighted by Crippen LogP contribution is -2.54. The van der Waals surface area contributed by atoms with Crippen LogP contribution in [0.5, 0.6) is 0 Å². The summed E-state index contributed by atoms with van der Waals surface area (Å²) in [4.78, 5) is 14.1. The number of carbonyl (C=O) groups is 1. The zero-order valence-electron chi connectivity index (χ0n) is 14.4. The standard InChI is InChI=1S/C16H26N2O4Si/c1-18-8-10-6-13(22-23(3,4)5)15(19)11(7-17)14(10)12(9-18)16(20)21-2/h9-11,13-15,19H,6,8H2,1-5H3/t10-,11+,13-,14+,15-/m1/s1. The fraction of sp³-hybridized carbons (Fsp3) is 0.750. The van der Waals surface area contributed by atoms with E-state index in [0.29, 0.717) is 12.0 Å². The average Bonchev–Trinajstić information content (AvgIpc) is 2.45. The van der Waals surface area contributed by atoms with Crippen LogP contribution in [0.4, 0.5) is 0 Å². The quantitative estimate of drug-likeness (QED) is 0.618. The molecule has 1 saturated carbocycles. The van der Waals surface area contributed by atoms with Crippen LogP contribution in [-0.2, 0) is 14.0 Å². The smallest absolute Gasteiger partial charge is 0.335 e. The molecule has 0 bridgehead atoms. The van der Waals surface area contributed by atoms with Crippen molar-refractivity contribution >= 4 is 14.3 Å². The van der Waals surface area contributed by atoms with Gasteiger partial charge in [-0.25, -0.2) is 4.79 Å². The number of nitrogens with zero attached hydrogens (tertiary/aromatic N) is 2. The van der Waals surface area contributed by atoms with Crippen LogP contribution in [0, 0.1) is 29.1 Å². The number of nitriles is 1. The van der Waals surface area contributed by atoms with E-state index in [-0.39, 0.29) is 17.9 Å². The number of rotatable bonds is 3. The summed E-state index contributed by atoms with van der Waals surface area (Å²) in [6.45, 7) is 6.95. The monoisotopic (exact) mass is 338 g/mol. The van der Waals surface area contributed by atoms with Gasteiger partial charge in [0, 0.05) is 25.7 Å². The lowest BCUT2D eigenvalue weighted by molar-refractivity contribution is -0.139. The van der Waals surface area contributed by atoms with Gasteiger partial charge in [-0.1, -0.05) is 0 Å². The molecule has 23 heavy (non-hydrogen) atoms. The van der Waals surface area contributed by atoms with Crippen molar-refractivity contribution in [3.05, 3.63) is 11.8 Å². The molecule has 1 aliphatic carbocycles. The van der Waals surface area contributed by atoms with Gasteiger partial charge in [-0.05, 0) is 32.0 Å². The molecular weight excluding hydrogens is 312 g/mol. The predicted octanol–water partition coefficient (Wildman–Crippen LogP) is 1.35. The Labute approximate surface area is 138 Å². The van der Waals surface area contributed by atoms with Gasteiger partial charge in [-0.3, -0.25) is 0 Å².